The van der Waals surface area contributed by atoms with Crippen molar-refractivity contribution in [2.75, 3.05) is 25.6 Å². The van der Waals surface area contributed by atoms with Crippen LogP contribution in [0.2, 0.25) is 0 Å². The molecule has 134 valence electrons. The Hall–Kier alpha value is -3.15. The first kappa shape index (κ1) is 16.3. The van der Waals surface area contributed by atoms with Crippen molar-refractivity contribution in [1.29, 1.82) is 0 Å². The molecule has 0 fully saturated rings. The van der Waals surface area contributed by atoms with Gasteiger partial charge in [-0.25, -0.2) is 0 Å². The van der Waals surface area contributed by atoms with Gasteiger partial charge < -0.3 is 24.5 Å². The lowest BCUT2D eigenvalue weighted by atomic mass is 10.1. The molecule has 1 aliphatic heterocycles. The van der Waals surface area contributed by atoms with E-state index in [2.05, 4.69) is 10.3 Å². The maximum absolute atomic E-state index is 12.6. The minimum atomic E-state index is -0.0894. The number of nitrogens with one attached hydrogen (secondary N) is 2. The van der Waals surface area contributed by atoms with E-state index in [1.807, 2.05) is 37.3 Å². The van der Waals surface area contributed by atoms with E-state index < -0.39 is 0 Å². The summed E-state index contributed by atoms with van der Waals surface area (Å²) in [7, 11) is 1.63. The fourth-order valence-corrected chi connectivity index (χ4v) is 3.20. The molecule has 1 aliphatic rings. The molecule has 4 rings (SSSR count). The van der Waals surface area contributed by atoms with E-state index in [0.717, 1.165) is 27.9 Å². The van der Waals surface area contributed by atoms with Gasteiger partial charge in [0.25, 0.3) is 0 Å². The van der Waals surface area contributed by atoms with E-state index in [0.29, 0.717) is 30.4 Å². The molecule has 2 aromatic carbocycles. The minimum absolute atomic E-state index is 0.0894. The Morgan fingerprint density at radius 1 is 1.15 bits per heavy atom. The molecule has 0 saturated carbocycles. The van der Waals surface area contributed by atoms with Crippen LogP contribution in [-0.4, -0.2) is 31.2 Å². The third-order valence-corrected chi connectivity index (χ3v) is 4.49. The topological polar surface area (TPSA) is 72.6 Å². The van der Waals surface area contributed by atoms with Gasteiger partial charge in [-0.05, 0) is 42.8 Å². The summed E-state index contributed by atoms with van der Waals surface area (Å²) in [6.07, 6.45) is 0.271. The number of H-pyrrole nitrogens is 1. The molecule has 0 saturated heterocycles. The Balaban J connectivity index is 1.55. The SMILES string of the molecule is COc1ccc2[nH]c(C)c(CC(=O)Nc3ccc4c(c3)OCCO4)c2c1. The first-order chi connectivity index (χ1) is 12.6. The van der Waals surface area contributed by atoms with Crippen LogP contribution in [0, 0.1) is 6.92 Å². The predicted molar refractivity (Wildman–Crippen MR) is 99.4 cm³/mol. The number of hydrogen-bond donors (Lipinski definition) is 2. The lowest BCUT2D eigenvalue weighted by Crippen LogP contribution is -2.17. The number of carbonyl (C=O) groups is 1. The predicted octanol–water partition coefficient (Wildman–Crippen LogP) is 3.44. The summed E-state index contributed by atoms with van der Waals surface area (Å²) in [5.41, 5.74) is 3.62. The van der Waals surface area contributed by atoms with Crippen LogP contribution in [0.15, 0.2) is 36.4 Å². The number of amides is 1. The van der Waals surface area contributed by atoms with E-state index in [1.165, 1.54) is 0 Å². The van der Waals surface area contributed by atoms with Gasteiger partial charge in [-0.2, -0.15) is 0 Å². The highest BCUT2D eigenvalue weighted by Gasteiger charge is 2.16. The Labute approximate surface area is 151 Å². The van der Waals surface area contributed by atoms with Gasteiger partial charge in [0.05, 0.1) is 13.5 Å². The molecular weight excluding hydrogens is 332 g/mol. The normalized spacial score (nSPS) is 12.8. The van der Waals surface area contributed by atoms with Crippen LogP contribution in [0.1, 0.15) is 11.3 Å². The average molecular weight is 352 g/mol. The van der Waals surface area contributed by atoms with Gasteiger partial charge >= 0.3 is 0 Å². The number of methoxy groups -OCH3 is 1. The van der Waals surface area contributed by atoms with Crippen molar-refractivity contribution in [3.8, 4) is 17.2 Å². The van der Waals surface area contributed by atoms with Crippen molar-refractivity contribution in [3.63, 3.8) is 0 Å². The van der Waals surface area contributed by atoms with E-state index in [1.54, 1.807) is 13.2 Å². The molecule has 0 bridgehead atoms. The zero-order valence-corrected chi connectivity index (χ0v) is 14.7. The van der Waals surface area contributed by atoms with Crippen LogP contribution < -0.4 is 19.5 Å². The molecule has 2 heterocycles. The Morgan fingerprint density at radius 2 is 1.96 bits per heavy atom. The number of carbonyl (C=O) groups excluding carboxylic acids is 1. The minimum Gasteiger partial charge on any atom is -0.497 e. The summed E-state index contributed by atoms with van der Waals surface area (Å²) >= 11 is 0. The van der Waals surface area contributed by atoms with Gasteiger partial charge in [0.2, 0.25) is 5.91 Å². The Bertz CT molecular complexity index is 977. The number of fused-ring (bicyclic) bond motifs is 2. The van der Waals surface area contributed by atoms with E-state index in [4.69, 9.17) is 14.2 Å². The maximum atomic E-state index is 12.6. The molecule has 3 aromatic rings. The van der Waals surface area contributed by atoms with Crippen molar-refractivity contribution in [1.82, 2.24) is 4.98 Å². The van der Waals surface area contributed by atoms with Gasteiger partial charge in [-0.1, -0.05) is 0 Å². The quantitative estimate of drug-likeness (QED) is 0.754. The number of rotatable bonds is 4. The number of benzene rings is 2. The molecule has 1 aromatic heterocycles. The number of aromatic amines is 1. The fourth-order valence-electron chi connectivity index (χ4n) is 3.20. The molecular formula is C20H20N2O4. The van der Waals surface area contributed by atoms with Crippen molar-refractivity contribution < 1.29 is 19.0 Å². The summed E-state index contributed by atoms with van der Waals surface area (Å²) in [6, 6.07) is 11.2. The number of hydrogen-bond acceptors (Lipinski definition) is 4. The molecule has 0 spiro atoms. The van der Waals surface area contributed by atoms with Crippen molar-refractivity contribution in [2.45, 2.75) is 13.3 Å². The lowest BCUT2D eigenvalue weighted by Gasteiger charge is -2.19. The zero-order valence-electron chi connectivity index (χ0n) is 14.7. The number of anilines is 1. The summed E-state index contributed by atoms with van der Waals surface area (Å²) in [5.74, 6) is 2.04. The second-order valence-electron chi connectivity index (χ2n) is 6.22. The summed E-state index contributed by atoms with van der Waals surface area (Å²) < 4.78 is 16.4. The lowest BCUT2D eigenvalue weighted by molar-refractivity contribution is -0.115. The zero-order chi connectivity index (χ0) is 18.1. The second kappa shape index (κ2) is 6.63. The van der Waals surface area contributed by atoms with Gasteiger partial charge in [-0.15, -0.1) is 0 Å². The van der Waals surface area contributed by atoms with Gasteiger partial charge in [-0.3, -0.25) is 4.79 Å². The van der Waals surface area contributed by atoms with Gasteiger partial charge in [0.1, 0.15) is 19.0 Å². The Morgan fingerprint density at radius 3 is 2.77 bits per heavy atom. The number of aromatic nitrogens is 1. The maximum Gasteiger partial charge on any atom is 0.228 e. The standard InChI is InChI=1S/C20H20N2O4/c1-12-15(16-10-14(24-2)4-5-17(16)21-12)11-20(23)22-13-3-6-18-19(9-13)26-8-7-25-18/h3-6,9-10,21H,7-8,11H2,1-2H3,(H,22,23). The third kappa shape index (κ3) is 3.06. The highest BCUT2D eigenvalue weighted by Crippen LogP contribution is 2.33. The molecule has 6 heteroatoms. The van der Waals surface area contributed by atoms with E-state index in [-0.39, 0.29) is 12.3 Å². The van der Waals surface area contributed by atoms with Crippen LogP contribution >= 0.6 is 0 Å². The Kier molecular flexibility index (Phi) is 4.16. The molecule has 26 heavy (non-hydrogen) atoms. The molecule has 0 radical (unpaired) electrons. The van der Waals surface area contributed by atoms with Gasteiger partial charge in [0.15, 0.2) is 11.5 Å². The molecule has 2 N–H and O–H groups in total. The highest BCUT2D eigenvalue weighted by molar-refractivity contribution is 5.97. The van der Waals surface area contributed by atoms with Crippen LogP contribution in [0.3, 0.4) is 0 Å². The molecule has 0 aliphatic carbocycles. The summed E-state index contributed by atoms with van der Waals surface area (Å²) in [6.45, 7) is 3.03. The molecule has 0 unspecified atom stereocenters. The highest BCUT2D eigenvalue weighted by atomic mass is 16.6. The van der Waals surface area contributed by atoms with Gasteiger partial charge in [0, 0.05) is 28.4 Å². The first-order valence-electron chi connectivity index (χ1n) is 8.49. The molecule has 1 amide bonds. The van der Waals surface area contributed by atoms with Crippen molar-refractivity contribution >= 4 is 22.5 Å². The second-order valence-corrected chi connectivity index (χ2v) is 6.22. The largest absolute Gasteiger partial charge is 0.497 e. The summed E-state index contributed by atoms with van der Waals surface area (Å²) in [4.78, 5) is 15.9. The number of aryl methyl sites for hydroxylation is 1. The fraction of sp³-hybridized carbons (Fsp3) is 0.250. The van der Waals surface area contributed by atoms with Crippen LogP contribution in [0.5, 0.6) is 17.2 Å². The first-order valence-corrected chi connectivity index (χ1v) is 8.49. The third-order valence-electron chi connectivity index (χ3n) is 4.49. The van der Waals surface area contributed by atoms with Crippen LogP contribution in [0.25, 0.3) is 10.9 Å². The average Bonchev–Trinajstić information content (AvgIpc) is 2.96. The molecule has 0 atom stereocenters. The van der Waals surface area contributed by atoms with Crippen molar-refractivity contribution in [3.05, 3.63) is 47.7 Å². The smallest absolute Gasteiger partial charge is 0.228 e. The number of ether oxygens (including phenoxy) is 3. The van der Waals surface area contributed by atoms with Crippen molar-refractivity contribution in [2.24, 2.45) is 0 Å². The molecule has 6 nitrogen and oxygen atoms in total. The monoisotopic (exact) mass is 352 g/mol. The van der Waals surface area contributed by atoms with Crippen LogP contribution in [0.4, 0.5) is 5.69 Å². The van der Waals surface area contributed by atoms with E-state index in [9.17, 15) is 4.79 Å². The summed E-state index contributed by atoms with van der Waals surface area (Å²) in [5, 5.41) is 3.93. The van der Waals surface area contributed by atoms with Crippen LogP contribution in [-0.2, 0) is 11.2 Å². The van der Waals surface area contributed by atoms with E-state index >= 15 is 0 Å².